The summed E-state index contributed by atoms with van der Waals surface area (Å²) in [7, 11) is 1.60. The number of benzene rings is 2. The van der Waals surface area contributed by atoms with Crippen molar-refractivity contribution >= 4 is 56.2 Å². The van der Waals surface area contributed by atoms with E-state index in [0.717, 1.165) is 15.6 Å². The molecule has 1 saturated heterocycles. The van der Waals surface area contributed by atoms with Gasteiger partial charge >= 0.3 is 0 Å². The molecule has 0 bridgehead atoms. The lowest BCUT2D eigenvalue weighted by Crippen LogP contribution is -2.27. The molecule has 4 nitrogen and oxygen atoms in total. The molecular formula is C21H20BrNO3S2. The summed E-state index contributed by atoms with van der Waals surface area (Å²) in [5.74, 6) is 1.17. The van der Waals surface area contributed by atoms with E-state index < -0.39 is 0 Å². The zero-order valence-electron chi connectivity index (χ0n) is 15.8. The number of thioether (sulfide) groups is 1. The number of aryl methyl sites for hydroxylation is 1. The summed E-state index contributed by atoms with van der Waals surface area (Å²) in [5, 5.41) is 0. The van der Waals surface area contributed by atoms with Crippen LogP contribution in [0.4, 0.5) is 0 Å². The molecule has 0 aromatic heterocycles. The maximum absolute atomic E-state index is 12.9. The third-order valence-electron chi connectivity index (χ3n) is 4.17. The average Bonchev–Trinajstić information content (AvgIpc) is 2.91. The van der Waals surface area contributed by atoms with Crippen molar-refractivity contribution in [2.45, 2.75) is 20.4 Å². The first-order valence-corrected chi connectivity index (χ1v) is 10.8. The minimum Gasteiger partial charge on any atom is -0.492 e. The molecule has 146 valence electrons. The second-order valence-electron chi connectivity index (χ2n) is 6.22. The Labute approximate surface area is 183 Å². The van der Waals surface area contributed by atoms with Gasteiger partial charge in [0.2, 0.25) is 0 Å². The van der Waals surface area contributed by atoms with Crippen LogP contribution in [-0.2, 0) is 11.3 Å². The highest BCUT2D eigenvalue weighted by Gasteiger charge is 2.32. The number of nitrogens with zero attached hydrogens (tertiary/aromatic N) is 1. The number of thiocarbonyl (C=S) groups is 1. The highest BCUT2D eigenvalue weighted by Crippen LogP contribution is 2.39. The number of carbonyl (C=O) groups excluding carboxylic acids is 1. The van der Waals surface area contributed by atoms with Gasteiger partial charge in [-0.3, -0.25) is 9.69 Å². The van der Waals surface area contributed by atoms with Gasteiger partial charge in [-0.2, -0.15) is 0 Å². The van der Waals surface area contributed by atoms with E-state index in [2.05, 4.69) is 15.9 Å². The van der Waals surface area contributed by atoms with Crippen molar-refractivity contribution in [1.82, 2.24) is 4.90 Å². The van der Waals surface area contributed by atoms with E-state index in [1.165, 1.54) is 17.3 Å². The second kappa shape index (κ2) is 9.11. The Morgan fingerprint density at radius 1 is 1.25 bits per heavy atom. The first-order valence-electron chi connectivity index (χ1n) is 8.74. The highest BCUT2D eigenvalue weighted by atomic mass is 79.9. The van der Waals surface area contributed by atoms with Crippen molar-refractivity contribution in [2.75, 3.05) is 13.7 Å². The Kier molecular flexibility index (Phi) is 6.80. The van der Waals surface area contributed by atoms with E-state index >= 15 is 0 Å². The van der Waals surface area contributed by atoms with Crippen molar-refractivity contribution in [1.29, 1.82) is 0 Å². The zero-order valence-corrected chi connectivity index (χ0v) is 19.0. The largest absolute Gasteiger partial charge is 0.492 e. The van der Waals surface area contributed by atoms with Gasteiger partial charge in [-0.25, -0.2) is 0 Å². The van der Waals surface area contributed by atoms with Crippen molar-refractivity contribution < 1.29 is 14.3 Å². The second-order valence-corrected chi connectivity index (χ2v) is 8.75. The van der Waals surface area contributed by atoms with Crippen LogP contribution < -0.4 is 9.47 Å². The molecule has 2 aromatic carbocycles. The maximum atomic E-state index is 12.9. The number of rotatable bonds is 6. The smallest absolute Gasteiger partial charge is 0.266 e. The van der Waals surface area contributed by atoms with E-state index in [-0.39, 0.29) is 5.91 Å². The quantitative estimate of drug-likeness (QED) is 0.401. The Balaban J connectivity index is 1.86. The van der Waals surface area contributed by atoms with Gasteiger partial charge in [0.25, 0.3) is 5.91 Å². The molecule has 0 atom stereocenters. The number of hydrogen-bond acceptors (Lipinski definition) is 5. The van der Waals surface area contributed by atoms with Gasteiger partial charge in [0, 0.05) is 0 Å². The van der Waals surface area contributed by atoms with Crippen molar-refractivity contribution in [3.63, 3.8) is 0 Å². The van der Waals surface area contributed by atoms with Gasteiger partial charge in [-0.05, 0) is 59.1 Å². The molecule has 0 unspecified atom stereocenters. The fourth-order valence-corrected chi connectivity index (χ4v) is 4.67. The number of carbonyl (C=O) groups is 1. The molecule has 0 radical (unpaired) electrons. The number of hydrogen-bond donors (Lipinski definition) is 0. The highest BCUT2D eigenvalue weighted by molar-refractivity contribution is 9.10. The minimum atomic E-state index is -0.0829. The Hall–Kier alpha value is -1.83. The molecule has 2 aromatic rings. The monoisotopic (exact) mass is 477 g/mol. The van der Waals surface area contributed by atoms with E-state index in [1.54, 1.807) is 12.0 Å². The summed E-state index contributed by atoms with van der Waals surface area (Å²) in [6, 6.07) is 11.9. The Morgan fingerprint density at radius 2 is 1.96 bits per heavy atom. The number of halogens is 1. The molecular weight excluding hydrogens is 458 g/mol. The molecule has 0 saturated carbocycles. The predicted molar refractivity (Wildman–Crippen MR) is 122 cm³/mol. The van der Waals surface area contributed by atoms with Crippen LogP contribution in [0.1, 0.15) is 23.6 Å². The van der Waals surface area contributed by atoms with Crippen LogP contribution in [0.3, 0.4) is 0 Å². The van der Waals surface area contributed by atoms with Gasteiger partial charge < -0.3 is 9.47 Å². The lowest BCUT2D eigenvalue weighted by atomic mass is 10.1. The molecule has 0 spiro atoms. The van der Waals surface area contributed by atoms with E-state index in [0.29, 0.717) is 33.9 Å². The summed E-state index contributed by atoms with van der Waals surface area (Å²) >= 11 is 10.3. The molecule has 7 heteroatoms. The fourth-order valence-electron chi connectivity index (χ4n) is 2.80. The third kappa shape index (κ3) is 4.59. The first-order chi connectivity index (χ1) is 13.4. The molecule has 1 aliphatic rings. The molecule has 0 N–H and O–H groups in total. The first kappa shape index (κ1) is 20.9. The number of amides is 1. The lowest BCUT2D eigenvalue weighted by molar-refractivity contribution is -0.122. The van der Waals surface area contributed by atoms with Crippen molar-refractivity contribution in [3.8, 4) is 11.5 Å². The third-order valence-corrected chi connectivity index (χ3v) is 6.14. The maximum Gasteiger partial charge on any atom is 0.266 e. The van der Waals surface area contributed by atoms with Crippen LogP contribution in [0.15, 0.2) is 45.8 Å². The van der Waals surface area contributed by atoms with Gasteiger partial charge in [0.15, 0.2) is 11.5 Å². The van der Waals surface area contributed by atoms with Crippen LogP contribution >= 0.6 is 39.9 Å². The minimum absolute atomic E-state index is 0.0829. The summed E-state index contributed by atoms with van der Waals surface area (Å²) in [5.41, 5.74) is 3.07. The molecule has 1 heterocycles. The molecule has 3 rings (SSSR count). The standard InChI is InChI=1S/C21H20BrNO3S2/c1-4-26-17-10-15(9-16(22)19(17)25-3)11-18-20(24)23(21(27)28-18)12-14-7-5-13(2)6-8-14/h5-11H,4,12H2,1-3H3/b18-11-. The average molecular weight is 478 g/mol. The SMILES string of the molecule is CCOc1cc(/C=C2\SC(=S)N(Cc3ccc(C)cc3)C2=O)cc(Br)c1OC. The van der Waals surface area contributed by atoms with E-state index in [4.69, 9.17) is 21.7 Å². The van der Waals surface area contributed by atoms with Crippen LogP contribution in [0.2, 0.25) is 0 Å². The number of methoxy groups -OCH3 is 1. The molecule has 1 amide bonds. The Bertz CT molecular complexity index is 941. The van der Waals surface area contributed by atoms with Gasteiger partial charge in [-0.15, -0.1) is 0 Å². The molecule has 0 aliphatic carbocycles. The summed E-state index contributed by atoms with van der Waals surface area (Å²) in [6.45, 7) is 4.94. The summed E-state index contributed by atoms with van der Waals surface area (Å²) in [6.07, 6.45) is 1.83. The molecule has 28 heavy (non-hydrogen) atoms. The van der Waals surface area contributed by atoms with Crippen LogP contribution in [-0.4, -0.2) is 28.8 Å². The fraction of sp³-hybridized carbons (Fsp3) is 0.238. The van der Waals surface area contributed by atoms with Crippen LogP contribution in [0.5, 0.6) is 11.5 Å². The van der Waals surface area contributed by atoms with Gasteiger partial charge in [-0.1, -0.05) is 53.8 Å². The molecule has 1 fully saturated rings. The van der Waals surface area contributed by atoms with Crippen LogP contribution in [0.25, 0.3) is 6.08 Å². The summed E-state index contributed by atoms with van der Waals surface area (Å²) in [4.78, 5) is 15.1. The van der Waals surface area contributed by atoms with Gasteiger partial charge in [0.1, 0.15) is 4.32 Å². The van der Waals surface area contributed by atoms with E-state index in [9.17, 15) is 4.79 Å². The van der Waals surface area contributed by atoms with E-state index in [1.807, 2.05) is 56.3 Å². The van der Waals surface area contributed by atoms with Crippen LogP contribution in [0, 0.1) is 6.92 Å². The number of ether oxygens (including phenoxy) is 2. The predicted octanol–water partition coefficient (Wildman–Crippen LogP) is 5.57. The normalized spacial score (nSPS) is 15.4. The van der Waals surface area contributed by atoms with Gasteiger partial charge in [0.05, 0.1) is 29.6 Å². The van der Waals surface area contributed by atoms with Crippen molar-refractivity contribution in [2.24, 2.45) is 0 Å². The summed E-state index contributed by atoms with van der Waals surface area (Å²) < 4.78 is 12.4. The van der Waals surface area contributed by atoms with Crippen molar-refractivity contribution in [3.05, 3.63) is 62.5 Å². The molecule has 1 aliphatic heterocycles. The topological polar surface area (TPSA) is 38.8 Å². The zero-order chi connectivity index (χ0) is 20.3. The Morgan fingerprint density at radius 3 is 2.61 bits per heavy atom. The lowest BCUT2D eigenvalue weighted by Gasteiger charge is -2.14.